The van der Waals surface area contributed by atoms with Crippen molar-refractivity contribution in [1.82, 2.24) is 14.1 Å². The van der Waals surface area contributed by atoms with E-state index in [0.29, 0.717) is 25.4 Å². The predicted molar refractivity (Wildman–Crippen MR) is 75.7 cm³/mol. The maximum Gasteiger partial charge on any atom is 0.246 e. The highest BCUT2D eigenvalue weighted by Gasteiger charge is 2.38. The van der Waals surface area contributed by atoms with Crippen LogP contribution in [0.15, 0.2) is 17.3 Å². The molecular formula is C13H23N3O3S. The molecule has 20 heavy (non-hydrogen) atoms. The number of sulfonamides is 1. The fourth-order valence-electron chi connectivity index (χ4n) is 2.13. The fraction of sp³-hybridized carbons (Fsp3) is 0.769. The number of aryl methyl sites for hydroxylation is 1. The standard InChI is InChI=1S/C13H23N3O3S/c1-11(2)9-16(12-4-5-12)20(18,19)13-8-14-15(10-13)6-3-7-17/h8,10-12,17H,3-7,9H2,1-2H3. The molecule has 1 aromatic heterocycles. The van der Waals surface area contributed by atoms with Crippen LogP contribution in [0.3, 0.4) is 0 Å². The van der Waals surface area contributed by atoms with Crippen molar-refractivity contribution in [3.05, 3.63) is 12.4 Å². The highest BCUT2D eigenvalue weighted by molar-refractivity contribution is 7.89. The second kappa shape index (κ2) is 6.24. The zero-order valence-corrected chi connectivity index (χ0v) is 12.9. The second-order valence-corrected chi connectivity index (χ2v) is 7.61. The molecule has 1 aliphatic rings. The predicted octanol–water partition coefficient (Wildman–Crippen LogP) is 1.07. The third-order valence-corrected chi connectivity index (χ3v) is 5.13. The lowest BCUT2D eigenvalue weighted by Gasteiger charge is -2.22. The number of nitrogens with zero attached hydrogens (tertiary/aromatic N) is 3. The molecule has 0 saturated heterocycles. The number of rotatable bonds is 8. The van der Waals surface area contributed by atoms with Gasteiger partial charge in [-0.1, -0.05) is 13.8 Å². The molecule has 1 aromatic rings. The molecule has 0 bridgehead atoms. The van der Waals surface area contributed by atoms with Gasteiger partial charge in [-0.05, 0) is 25.2 Å². The number of aromatic nitrogens is 2. The normalized spacial score (nSPS) is 16.2. The van der Waals surface area contributed by atoms with Crippen LogP contribution in [0.5, 0.6) is 0 Å². The largest absolute Gasteiger partial charge is 0.396 e. The summed E-state index contributed by atoms with van der Waals surface area (Å²) in [4.78, 5) is 0.253. The Hall–Kier alpha value is -0.920. The lowest BCUT2D eigenvalue weighted by atomic mass is 10.2. The van der Waals surface area contributed by atoms with Gasteiger partial charge in [0.05, 0.1) is 6.20 Å². The van der Waals surface area contributed by atoms with Gasteiger partial charge in [-0.3, -0.25) is 4.68 Å². The molecular weight excluding hydrogens is 278 g/mol. The van der Waals surface area contributed by atoms with Crippen molar-refractivity contribution in [2.45, 2.75) is 50.6 Å². The van der Waals surface area contributed by atoms with Crippen molar-refractivity contribution in [2.24, 2.45) is 5.92 Å². The van der Waals surface area contributed by atoms with E-state index in [1.165, 1.54) is 6.20 Å². The zero-order chi connectivity index (χ0) is 14.8. The maximum atomic E-state index is 12.7. The highest BCUT2D eigenvalue weighted by Crippen LogP contribution is 2.32. The van der Waals surface area contributed by atoms with E-state index in [2.05, 4.69) is 5.10 Å². The summed E-state index contributed by atoms with van der Waals surface area (Å²) in [7, 11) is -3.45. The third-order valence-electron chi connectivity index (χ3n) is 3.26. The molecule has 0 aromatic carbocycles. The van der Waals surface area contributed by atoms with Crippen LogP contribution < -0.4 is 0 Å². The molecule has 114 valence electrons. The molecule has 7 heteroatoms. The summed E-state index contributed by atoms with van der Waals surface area (Å²) in [5.41, 5.74) is 0. The number of hydrogen-bond donors (Lipinski definition) is 1. The lowest BCUT2D eigenvalue weighted by molar-refractivity contribution is 0.277. The van der Waals surface area contributed by atoms with Gasteiger partial charge in [0.25, 0.3) is 0 Å². The first-order valence-electron chi connectivity index (χ1n) is 7.10. The van der Waals surface area contributed by atoms with E-state index >= 15 is 0 Å². The van der Waals surface area contributed by atoms with E-state index in [1.807, 2.05) is 13.8 Å². The van der Waals surface area contributed by atoms with E-state index < -0.39 is 10.0 Å². The van der Waals surface area contributed by atoms with E-state index in [-0.39, 0.29) is 17.5 Å². The minimum Gasteiger partial charge on any atom is -0.396 e. The summed E-state index contributed by atoms with van der Waals surface area (Å²) in [6.07, 6.45) is 5.43. The Bertz CT molecular complexity index is 535. The van der Waals surface area contributed by atoms with E-state index in [9.17, 15) is 8.42 Å². The molecule has 1 fully saturated rings. The molecule has 1 heterocycles. The Morgan fingerprint density at radius 1 is 1.50 bits per heavy atom. The Kier molecular flexibility index (Phi) is 4.82. The molecule has 6 nitrogen and oxygen atoms in total. The van der Waals surface area contributed by atoms with Crippen LogP contribution in [-0.2, 0) is 16.6 Å². The van der Waals surface area contributed by atoms with Crippen molar-refractivity contribution in [3.63, 3.8) is 0 Å². The van der Waals surface area contributed by atoms with Crippen LogP contribution in [0.25, 0.3) is 0 Å². The molecule has 0 aliphatic heterocycles. The summed E-state index contributed by atoms with van der Waals surface area (Å²) in [6.45, 7) is 5.20. The fourth-order valence-corrected chi connectivity index (χ4v) is 3.94. The molecule has 0 spiro atoms. The topological polar surface area (TPSA) is 75.4 Å². The van der Waals surface area contributed by atoms with Gasteiger partial charge in [0, 0.05) is 31.9 Å². The van der Waals surface area contributed by atoms with Gasteiger partial charge >= 0.3 is 0 Å². The third kappa shape index (κ3) is 3.59. The van der Waals surface area contributed by atoms with Gasteiger partial charge in [-0.25, -0.2) is 8.42 Å². The van der Waals surface area contributed by atoms with Crippen molar-refractivity contribution in [3.8, 4) is 0 Å². The summed E-state index contributed by atoms with van der Waals surface area (Å²) < 4.78 is 28.5. The van der Waals surface area contributed by atoms with Crippen molar-refractivity contribution in [1.29, 1.82) is 0 Å². The van der Waals surface area contributed by atoms with Crippen molar-refractivity contribution >= 4 is 10.0 Å². The zero-order valence-electron chi connectivity index (χ0n) is 12.1. The summed E-state index contributed by atoms with van der Waals surface area (Å²) >= 11 is 0. The van der Waals surface area contributed by atoms with Gasteiger partial charge in [0.1, 0.15) is 4.90 Å². The molecule has 2 rings (SSSR count). The number of aliphatic hydroxyl groups is 1. The molecule has 0 radical (unpaired) electrons. The molecule has 0 amide bonds. The van der Waals surface area contributed by atoms with Crippen LogP contribution in [0.1, 0.15) is 33.1 Å². The SMILES string of the molecule is CC(C)CN(C1CC1)S(=O)(=O)c1cnn(CCCO)c1. The minimum atomic E-state index is -3.45. The second-order valence-electron chi connectivity index (χ2n) is 5.72. The van der Waals surface area contributed by atoms with Crippen LogP contribution in [0.4, 0.5) is 0 Å². The van der Waals surface area contributed by atoms with E-state index in [1.54, 1.807) is 15.2 Å². The monoisotopic (exact) mass is 301 g/mol. The molecule has 1 saturated carbocycles. The van der Waals surface area contributed by atoms with Crippen LogP contribution in [-0.4, -0.2) is 46.8 Å². The Labute approximate surface area is 120 Å². The summed E-state index contributed by atoms with van der Waals surface area (Å²) in [6, 6.07) is 0.156. The summed E-state index contributed by atoms with van der Waals surface area (Å²) in [5, 5.41) is 12.9. The first kappa shape index (κ1) is 15.5. The Morgan fingerprint density at radius 2 is 2.20 bits per heavy atom. The average Bonchev–Trinajstić information content (AvgIpc) is 3.10. The van der Waals surface area contributed by atoms with Crippen molar-refractivity contribution < 1.29 is 13.5 Å². The summed E-state index contributed by atoms with van der Waals surface area (Å²) in [5.74, 6) is 0.301. The first-order valence-corrected chi connectivity index (χ1v) is 8.54. The quantitative estimate of drug-likeness (QED) is 0.779. The molecule has 0 atom stereocenters. The average molecular weight is 301 g/mol. The maximum absolute atomic E-state index is 12.7. The van der Waals surface area contributed by atoms with Gasteiger partial charge in [0.15, 0.2) is 0 Å². The Balaban J connectivity index is 2.17. The molecule has 1 N–H and O–H groups in total. The highest BCUT2D eigenvalue weighted by atomic mass is 32.2. The Morgan fingerprint density at radius 3 is 2.75 bits per heavy atom. The molecule has 1 aliphatic carbocycles. The van der Waals surface area contributed by atoms with Gasteiger partial charge in [-0.15, -0.1) is 0 Å². The number of hydrogen-bond acceptors (Lipinski definition) is 4. The van der Waals surface area contributed by atoms with Gasteiger partial charge < -0.3 is 5.11 Å². The first-order chi connectivity index (χ1) is 9.45. The van der Waals surface area contributed by atoms with Crippen LogP contribution >= 0.6 is 0 Å². The minimum absolute atomic E-state index is 0.0729. The van der Waals surface area contributed by atoms with Gasteiger partial charge in [0.2, 0.25) is 10.0 Å². The van der Waals surface area contributed by atoms with E-state index in [0.717, 1.165) is 12.8 Å². The van der Waals surface area contributed by atoms with E-state index in [4.69, 9.17) is 5.11 Å². The van der Waals surface area contributed by atoms with Gasteiger partial charge in [-0.2, -0.15) is 9.40 Å². The number of aliphatic hydroxyl groups excluding tert-OH is 1. The molecule has 0 unspecified atom stereocenters. The van der Waals surface area contributed by atoms with Crippen LogP contribution in [0, 0.1) is 5.92 Å². The smallest absolute Gasteiger partial charge is 0.246 e. The lowest BCUT2D eigenvalue weighted by Crippen LogP contribution is -2.35. The van der Waals surface area contributed by atoms with Crippen LogP contribution in [0.2, 0.25) is 0 Å². The van der Waals surface area contributed by atoms with Crippen molar-refractivity contribution in [2.75, 3.05) is 13.2 Å².